The van der Waals surface area contributed by atoms with Gasteiger partial charge in [0.15, 0.2) is 40.1 Å². The second kappa shape index (κ2) is 8.90. The van der Waals surface area contributed by atoms with Gasteiger partial charge in [0.25, 0.3) is 0 Å². The molecule has 0 saturated carbocycles. The first-order valence-corrected chi connectivity index (χ1v) is 11.8. The fourth-order valence-corrected chi connectivity index (χ4v) is 4.85. The first kappa shape index (κ1) is 20.9. The van der Waals surface area contributed by atoms with E-state index in [1.54, 1.807) is 12.1 Å². The lowest BCUT2D eigenvalue weighted by Crippen LogP contribution is -2.24. The molecule has 4 aromatic rings. The molecule has 2 aliphatic heterocycles. The standard InChI is InChI=1S/C25H20FN3O4S/c26-18-6-2-1-5-16(18)15-34-25-28-27-24(23-14-32-19-7-3-4-8-21(19)33-23)29(25)17-9-10-20-22(13-17)31-12-11-30-20/h1-10,13,23H,11-12,14-15H2. The molecule has 2 aliphatic rings. The molecule has 6 rings (SSSR count). The molecule has 1 unspecified atom stereocenters. The van der Waals surface area contributed by atoms with Crippen LogP contribution in [0.3, 0.4) is 0 Å². The third-order valence-electron chi connectivity index (χ3n) is 5.55. The highest BCUT2D eigenvalue weighted by atomic mass is 32.2. The zero-order valence-electron chi connectivity index (χ0n) is 18.0. The minimum atomic E-state index is -0.474. The first-order valence-electron chi connectivity index (χ1n) is 10.9. The van der Waals surface area contributed by atoms with Crippen molar-refractivity contribution in [3.8, 4) is 28.7 Å². The van der Waals surface area contributed by atoms with Crippen molar-refractivity contribution in [1.82, 2.24) is 14.8 Å². The van der Waals surface area contributed by atoms with Crippen LogP contribution in [0.1, 0.15) is 17.5 Å². The van der Waals surface area contributed by atoms with Gasteiger partial charge in [-0.25, -0.2) is 4.39 Å². The average Bonchev–Trinajstić information content (AvgIpc) is 3.31. The lowest BCUT2D eigenvalue weighted by atomic mass is 10.2. The zero-order valence-corrected chi connectivity index (χ0v) is 18.8. The summed E-state index contributed by atoms with van der Waals surface area (Å²) in [7, 11) is 0. The molecule has 1 atom stereocenters. The van der Waals surface area contributed by atoms with Crippen molar-refractivity contribution >= 4 is 11.8 Å². The molecule has 0 saturated heterocycles. The minimum absolute atomic E-state index is 0.249. The maximum absolute atomic E-state index is 14.2. The Labute approximate surface area is 199 Å². The van der Waals surface area contributed by atoms with Gasteiger partial charge in [-0.15, -0.1) is 10.2 Å². The van der Waals surface area contributed by atoms with Gasteiger partial charge in [0.1, 0.15) is 25.6 Å². The van der Waals surface area contributed by atoms with Gasteiger partial charge in [0, 0.05) is 11.8 Å². The summed E-state index contributed by atoms with van der Waals surface area (Å²) in [6, 6.07) is 19.9. The lowest BCUT2D eigenvalue weighted by Gasteiger charge is -2.26. The van der Waals surface area contributed by atoms with E-state index in [-0.39, 0.29) is 12.4 Å². The Morgan fingerprint density at radius 3 is 2.50 bits per heavy atom. The third-order valence-corrected chi connectivity index (χ3v) is 6.53. The van der Waals surface area contributed by atoms with Gasteiger partial charge in [-0.2, -0.15) is 0 Å². The van der Waals surface area contributed by atoms with Crippen molar-refractivity contribution in [3.05, 3.63) is 83.9 Å². The SMILES string of the molecule is Fc1ccccc1CSc1nnc(C2COc3ccccc3O2)n1-c1ccc2c(c1)OCCO2. The molecule has 7 nitrogen and oxygen atoms in total. The number of hydrogen-bond donors (Lipinski definition) is 0. The summed E-state index contributed by atoms with van der Waals surface area (Å²) in [5.74, 6) is 3.42. The molecular formula is C25H20FN3O4S. The Morgan fingerprint density at radius 2 is 1.62 bits per heavy atom. The molecule has 0 N–H and O–H groups in total. The second-order valence-electron chi connectivity index (χ2n) is 7.75. The molecule has 1 aromatic heterocycles. The molecule has 0 aliphatic carbocycles. The first-order chi connectivity index (χ1) is 16.8. The van der Waals surface area contributed by atoms with Crippen LogP contribution in [0, 0.1) is 5.82 Å². The van der Waals surface area contributed by atoms with Crippen LogP contribution in [0.5, 0.6) is 23.0 Å². The maximum Gasteiger partial charge on any atom is 0.196 e. The van der Waals surface area contributed by atoms with Gasteiger partial charge in [-0.05, 0) is 35.9 Å². The van der Waals surface area contributed by atoms with E-state index in [9.17, 15) is 4.39 Å². The number of nitrogens with zero attached hydrogens (tertiary/aromatic N) is 3. The molecule has 172 valence electrons. The van der Waals surface area contributed by atoms with E-state index in [1.165, 1.54) is 17.8 Å². The van der Waals surface area contributed by atoms with Gasteiger partial charge in [0.2, 0.25) is 0 Å². The Bertz CT molecular complexity index is 1350. The van der Waals surface area contributed by atoms with E-state index in [4.69, 9.17) is 18.9 Å². The minimum Gasteiger partial charge on any atom is -0.486 e. The van der Waals surface area contributed by atoms with Crippen molar-refractivity contribution < 1.29 is 23.3 Å². The third kappa shape index (κ3) is 3.92. The summed E-state index contributed by atoms with van der Waals surface area (Å²) < 4.78 is 39.7. The van der Waals surface area contributed by atoms with Crippen LogP contribution in [0.4, 0.5) is 4.39 Å². The van der Waals surface area contributed by atoms with E-state index < -0.39 is 6.10 Å². The van der Waals surface area contributed by atoms with Crippen LogP contribution in [-0.2, 0) is 5.75 Å². The monoisotopic (exact) mass is 477 g/mol. The summed E-state index contributed by atoms with van der Waals surface area (Å²) in [6.07, 6.45) is -0.474. The highest BCUT2D eigenvalue weighted by Crippen LogP contribution is 2.39. The van der Waals surface area contributed by atoms with Crippen LogP contribution >= 0.6 is 11.8 Å². The molecule has 0 bridgehead atoms. The van der Waals surface area contributed by atoms with Gasteiger partial charge >= 0.3 is 0 Å². The summed E-state index contributed by atoms with van der Waals surface area (Å²) in [5.41, 5.74) is 1.39. The van der Waals surface area contributed by atoms with Crippen LogP contribution in [0.25, 0.3) is 5.69 Å². The largest absolute Gasteiger partial charge is 0.486 e. The normalized spacial score (nSPS) is 16.3. The molecule has 3 aromatic carbocycles. The average molecular weight is 478 g/mol. The number of aromatic nitrogens is 3. The van der Waals surface area contributed by atoms with E-state index in [0.29, 0.717) is 58.5 Å². The Morgan fingerprint density at radius 1 is 0.853 bits per heavy atom. The highest BCUT2D eigenvalue weighted by molar-refractivity contribution is 7.98. The molecule has 0 radical (unpaired) electrons. The maximum atomic E-state index is 14.2. The highest BCUT2D eigenvalue weighted by Gasteiger charge is 2.30. The van der Waals surface area contributed by atoms with Crippen LogP contribution in [0.2, 0.25) is 0 Å². The van der Waals surface area contributed by atoms with E-state index in [0.717, 1.165) is 5.69 Å². The second-order valence-corrected chi connectivity index (χ2v) is 8.69. The summed E-state index contributed by atoms with van der Waals surface area (Å²) >= 11 is 1.40. The van der Waals surface area contributed by atoms with Crippen molar-refractivity contribution in [2.24, 2.45) is 0 Å². The van der Waals surface area contributed by atoms with Gasteiger partial charge in [-0.3, -0.25) is 4.57 Å². The van der Waals surface area contributed by atoms with Crippen molar-refractivity contribution in [1.29, 1.82) is 0 Å². The Kier molecular flexibility index (Phi) is 5.46. The fraction of sp³-hybridized carbons (Fsp3) is 0.200. The van der Waals surface area contributed by atoms with Crippen molar-refractivity contribution in [2.75, 3.05) is 19.8 Å². The van der Waals surface area contributed by atoms with Crippen LogP contribution in [-0.4, -0.2) is 34.6 Å². The number of hydrogen-bond acceptors (Lipinski definition) is 7. The van der Waals surface area contributed by atoms with Gasteiger partial charge in [0.05, 0.1) is 5.69 Å². The fourth-order valence-electron chi connectivity index (χ4n) is 3.90. The number of para-hydroxylation sites is 2. The molecule has 34 heavy (non-hydrogen) atoms. The topological polar surface area (TPSA) is 67.6 Å². The Balaban J connectivity index is 1.38. The van der Waals surface area contributed by atoms with Crippen molar-refractivity contribution in [2.45, 2.75) is 17.0 Å². The summed E-state index contributed by atoms with van der Waals surface area (Å²) in [6.45, 7) is 1.29. The summed E-state index contributed by atoms with van der Waals surface area (Å²) in [4.78, 5) is 0. The van der Waals surface area contributed by atoms with Gasteiger partial charge in [-0.1, -0.05) is 42.1 Å². The Hall–Kier alpha value is -3.72. The molecule has 0 fully saturated rings. The van der Waals surface area contributed by atoms with Crippen LogP contribution < -0.4 is 18.9 Å². The van der Waals surface area contributed by atoms with Crippen LogP contribution in [0.15, 0.2) is 71.9 Å². The van der Waals surface area contributed by atoms with E-state index in [2.05, 4.69) is 10.2 Å². The summed E-state index contributed by atoms with van der Waals surface area (Å²) in [5, 5.41) is 9.49. The van der Waals surface area contributed by atoms with E-state index in [1.807, 2.05) is 53.1 Å². The number of benzene rings is 3. The van der Waals surface area contributed by atoms with Gasteiger partial charge < -0.3 is 18.9 Å². The van der Waals surface area contributed by atoms with Crippen molar-refractivity contribution in [3.63, 3.8) is 0 Å². The quantitative estimate of drug-likeness (QED) is 0.376. The lowest BCUT2D eigenvalue weighted by molar-refractivity contribution is 0.0835. The number of rotatable bonds is 5. The zero-order chi connectivity index (χ0) is 22.9. The number of halogens is 1. The smallest absolute Gasteiger partial charge is 0.196 e. The number of thioether (sulfide) groups is 1. The van der Waals surface area contributed by atoms with E-state index >= 15 is 0 Å². The predicted molar refractivity (Wildman–Crippen MR) is 124 cm³/mol. The molecule has 9 heteroatoms. The molecule has 3 heterocycles. The molecular weight excluding hydrogens is 457 g/mol. The number of fused-ring (bicyclic) bond motifs is 2. The predicted octanol–water partition coefficient (Wildman–Crippen LogP) is 4.98. The number of ether oxygens (including phenoxy) is 4. The molecule has 0 spiro atoms. The molecule has 0 amide bonds.